The van der Waals surface area contributed by atoms with Gasteiger partial charge >= 0.3 is 0 Å². The standard InChI is InChI=1S/C17H22N6O/c24-17(12-3-4-15-18-10-19-23(15)9-12)22-7-5-13-14(6-8-22)20-21-16(13)11-1-2-11/h10-12H,1-9H2,(H,20,21). The monoisotopic (exact) mass is 326 g/mol. The van der Waals surface area contributed by atoms with Gasteiger partial charge in [-0.2, -0.15) is 10.2 Å². The van der Waals surface area contributed by atoms with Crippen LogP contribution < -0.4 is 0 Å². The van der Waals surface area contributed by atoms with Crippen LogP contribution in [0, 0.1) is 5.92 Å². The van der Waals surface area contributed by atoms with Crippen LogP contribution in [-0.4, -0.2) is 48.9 Å². The summed E-state index contributed by atoms with van der Waals surface area (Å²) in [6.07, 6.45) is 7.68. The van der Waals surface area contributed by atoms with E-state index in [1.165, 1.54) is 29.8 Å². The lowest BCUT2D eigenvalue weighted by Crippen LogP contribution is -2.41. The molecule has 2 aliphatic heterocycles. The lowest BCUT2D eigenvalue weighted by Gasteiger charge is -2.28. The molecule has 0 aromatic carbocycles. The van der Waals surface area contributed by atoms with E-state index in [0.29, 0.717) is 12.5 Å². The smallest absolute Gasteiger partial charge is 0.227 e. The summed E-state index contributed by atoms with van der Waals surface area (Å²) in [5.74, 6) is 1.99. The van der Waals surface area contributed by atoms with E-state index in [4.69, 9.17) is 0 Å². The predicted octanol–water partition coefficient (Wildman–Crippen LogP) is 1.07. The van der Waals surface area contributed by atoms with Gasteiger partial charge in [-0.15, -0.1) is 0 Å². The minimum absolute atomic E-state index is 0.0386. The van der Waals surface area contributed by atoms with Crippen LogP contribution in [0.1, 0.15) is 48.0 Å². The molecule has 2 aromatic rings. The largest absolute Gasteiger partial charge is 0.342 e. The highest BCUT2D eigenvalue weighted by Gasteiger charge is 2.33. The summed E-state index contributed by atoms with van der Waals surface area (Å²) in [5.41, 5.74) is 3.90. The number of amides is 1. The number of aromatic nitrogens is 5. The summed E-state index contributed by atoms with van der Waals surface area (Å²) >= 11 is 0. The third-order valence-electron chi connectivity index (χ3n) is 5.68. The first kappa shape index (κ1) is 14.2. The van der Waals surface area contributed by atoms with Gasteiger partial charge in [0.05, 0.1) is 18.2 Å². The highest BCUT2D eigenvalue weighted by atomic mass is 16.2. The Labute approximate surface area is 140 Å². The number of aromatic amines is 1. The molecule has 1 atom stereocenters. The number of rotatable bonds is 2. The molecule has 4 heterocycles. The molecule has 1 N–H and O–H groups in total. The summed E-state index contributed by atoms with van der Waals surface area (Å²) in [6, 6.07) is 0. The quantitative estimate of drug-likeness (QED) is 0.895. The fourth-order valence-corrected chi connectivity index (χ4v) is 4.12. The summed E-state index contributed by atoms with van der Waals surface area (Å²) < 4.78 is 1.89. The van der Waals surface area contributed by atoms with Crippen molar-refractivity contribution in [2.45, 2.75) is 51.0 Å². The third kappa shape index (κ3) is 2.34. The summed E-state index contributed by atoms with van der Waals surface area (Å²) in [6.45, 7) is 2.27. The number of hydrogen-bond acceptors (Lipinski definition) is 4. The van der Waals surface area contributed by atoms with Gasteiger partial charge in [0.1, 0.15) is 12.2 Å². The van der Waals surface area contributed by atoms with Crippen LogP contribution in [0.3, 0.4) is 0 Å². The zero-order valence-corrected chi connectivity index (χ0v) is 13.7. The molecule has 0 saturated heterocycles. The predicted molar refractivity (Wildman–Crippen MR) is 86.4 cm³/mol. The highest BCUT2D eigenvalue weighted by Crippen LogP contribution is 2.41. The SMILES string of the molecule is O=C(C1CCc2ncnn2C1)N1CCc2[nH]nc(C3CC3)c2CC1. The maximum absolute atomic E-state index is 13.0. The van der Waals surface area contributed by atoms with Crippen LogP contribution in [0.15, 0.2) is 6.33 Å². The maximum Gasteiger partial charge on any atom is 0.227 e. The number of aryl methyl sites for hydroxylation is 1. The third-order valence-corrected chi connectivity index (χ3v) is 5.68. The molecule has 1 fully saturated rings. The van der Waals surface area contributed by atoms with Gasteiger partial charge < -0.3 is 4.90 Å². The van der Waals surface area contributed by atoms with Crippen molar-refractivity contribution in [3.8, 4) is 0 Å². The second-order valence-electron chi connectivity index (χ2n) is 7.26. The van der Waals surface area contributed by atoms with Crippen molar-refractivity contribution < 1.29 is 4.79 Å². The highest BCUT2D eigenvalue weighted by molar-refractivity contribution is 5.79. The summed E-state index contributed by atoms with van der Waals surface area (Å²) in [5, 5.41) is 12.0. The van der Waals surface area contributed by atoms with Gasteiger partial charge in [0.25, 0.3) is 0 Å². The Morgan fingerprint density at radius 3 is 2.92 bits per heavy atom. The van der Waals surface area contributed by atoms with Gasteiger partial charge in [-0.3, -0.25) is 9.89 Å². The van der Waals surface area contributed by atoms with E-state index < -0.39 is 0 Å². The number of carbonyl (C=O) groups excluding carboxylic acids is 1. The lowest BCUT2D eigenvalue weighted by molar-refractivity contribution is -0.136. The van der Waals surface area contributed by atoms with Crippen LogP contribution in [0.2, 0.25) is 0 Å². The molecular weight excluding hydrogens is 304 g/mol. The first-order valence-electron chi connectivity index (χ1n) is 9.01. The van der Waals surface area contributed by atoms with Gasteiger partial charge in [0.15, 0.2) is 0 Å². The Hall–Kier alpha value is -2.18. The number of nitrogens with zero attached hydrogens (tertiary/aromatic N) is 5. The minimum atomic E-state index is 0.0386. The second-order valence-corrected chi connectivity index (χ2v) is 7.26. The number of carbonyl (C=O) groups is 1. The van der Waals surface area contributed by atoms with E-state index >= 15 is 0 Å². The van der Waals surface area contributed by atoms with Crippen molar-refractivity contribution in [2.24, 2.45) is 5.92 Å². The number of fused-ring (bicyclic) bond motifs is 2. The average Bonchev–Trinajstić information content (AvgIpc) is 3.27. The summed E-state index contributed by atoms with van der Waals surface area (Å²) in [4.78, 5) is 19.3. The Kier molecular flexibility index (Phi) is 3.21. The van der Waals surface area contributed by atoms with Gasteiger partial charge in [-0.1, -0.05) is 0 Å². The Morgan fingerprint density at radius 1 is 1.17 bits per heavy atom. The van der Waals surface area contributed by atoms with Crippen molar-refractivity contribution in [3.63, 3.8) is 0 Å². The molecule has 0 bridgehead atoms. The first-order valence-corrected chi connectivity index (χ1v) is 9.01. The number of H-pyrrole nitrogens is 1. The topological polar surface area (TPSA) is 79.7 Å². The molecule has 7 nitrogen and oxygen atoms in total. The van der Waals surface area contributed by atoms with E-state index in [1.54, 1.807) is 6.33 Å². The molecule has 0 radical (unpaired) electrons. The van der Waals surface area contributed by atoms with Gasteiger partial charge in [0, 0.05) is 37.5 Å². The van der Waals surface area contributed by atoms with Crippen molar-refractivity contribution in [2.75, 3.05) is 13.1 Å². The molecule has 126 valence electrons. The molecule has 1 amide bonds. The van der Waals surface area contributed by atoms with Crippen molar-refractivity contribution >= 4 is 5.91 Å². The van der Waals surface area contributed by atoms with Gasteiger partial charge in [-0.25, -0.2) is 9.67 Å². The van der Waals surface area contributed by atoms with Gasteiger partial charge in [0.2, 0.25) is 5.91 Å². The van der Waals surface area contributed by atoms with E-state index in [-0.39, 0.29) is 11.8 Å². The molecule has 7 heteroatoms. The average molecular weight is 326 g/mol. The molecule has 1 unspecified atom stereocenters. The van der Waals surface area contributed by atoms with Crippen molar-refractivity contribution in [3.05, 3.63) is 29.1 Å². The zero-order chi connectivity index (χ0) is 16.1. The lowest BCUT2D eigenvalue weighted by atomic mass is 9.98. The Morgan fingerprint density at radius 2 is 2.04 bits per heavy atom. The van der Waals surface area contributed by atoms with Gasteiger partial charge in [-0.05, 0) is 31.2 Å². The zero-order valence-electron chi connectivity index (χ0n) is 13.7. The summed E-state index contributed by atoms with van der Waals surface area (Å²) in [7, 11) is 0. The van der Waals surface area contributed by atoms with E-state index in [2.05, 4.69) is 25.2 Å². The normalized spacial score (nSPS) is 23.5. The van der Waals surface area contributed by atoms with E-state index in [1.807, 2.05) is 4.68 Å². The van der Waals surface area contributed by atoms with Crippen molar-refractivity contribution in [1.29, 1.82) is 0 Å². The van der Waals surface area contributed by atoms with Crippen LogP contribution >= 0.6 is 0 Å². The first-order chi connectivity index (χ1) is 11.8. The Bertz CT molecular complexity index is 774. The Balaban J connectivity index is 1.29. The van der Waals surface area contributed by atoms with Crippen LogP contribution in [0.25, 0.3) is 0 Å². The molecule has 2 aromatic heterocycles. The molecule has 1 saturated carbocycles. The van der Waals surface area contributed by atoms with Crippen molar-refractivity contribution in [1.82, 2.24) is 29.9 Å². The molecule has 1 aliphatic carbocycles. The van der Waals surface area contributed by atoms with Crippen LogP contribution in [-0.2, 0) is 30.6 Å². The molecular formula is C17H22N6O. The van der Waals surface area contributed by atoms with E-state index in [0.717, 1.165) is 44.6 Å². The van der Waals surface area contributed by atoms with Crippen LogP contribution in [0.5, 0.6) is 0 Å². The molecule has 3 aliphatic rings. The molecule has 24 heavy (non-hydrogen) atoms. The number of nitrogens with one attached hydrogen (secondary N) is 1. The van der Waals surface area contributed by atoms with E-state index in [9.17, 15) is 4.79 Å². The van der Waals surface area contributed by atoms with Crippen LogP contribution in [0.4, 0.5) is 0 Å². The number of hydrogen-bond donors (Lipinski definition) is 1. The fourth-order valence-electron chi connectivity index (χ4n) is 4.12. The maximum atomic E-state index is 13.0. The molecule has 0 spiro atoms. The molecule has 5 rings (SSSR count). The fraction of sp³-hybridized carbons (Fsp3) is 0.647. The second kappa shape index (κ2) is 5.43. The minimum Gasteiger partial charge on any atom is -0.342 e.